The molecule has 0 aliphatic carbocycles. The average Bonchev–Trinajstić information content (AvgIpc) is 2.59. The maximum Gasteiger partial charge on any atom is 0.187 e. The Bertz CT molecular complexity index is 696. The highest BCUT2D eigenvalue weighted by Crippen LogP contribution is 2.27. The first kappa shape index (κ1) is 16.5. The molecule has 0 aliphatic heterocycles. The van der Waals surface area contributed by atoms with E-state index in [0.29, 0.717) is 23.6 Å². The van der Waals surface area contributed by atoms with Gasteiger partial charge in [-0.3, -0.25) is 4.79 Å². The number of carbonyl (C=O) groups excluding carboxylic acids is 1. The molecule has 0 amide bonds. The molecule has 0 heterocycles. The van der Waals surface area contributed by atoms with Crippen molar-refractivity contribution >= 4 is 5.78 Å². The summed E-state index contributed by atoms with van der Waals surface area (Å²) in [4.78, 5) is 12.1. The number of benzene rings is 2. The van der Waals surface area contributed by atoms with E-state index in [-0.39, 0.29) is 11.6 Å². The monoisotopic (exact) mass is 315 g/mol. The first-order chi connectivity index (χ1) is 11.1. The van der Waals surface area contributed by atoms with Crippen LogP contribution >= 0.6 is 0 Å². The molecule has 2 aromatic carbocycles. The quantitative estimate of drug-likeness (QED) is 0.629. The number of rotatable bonds is 7. The number of halogens is 1. The Morgan fingerprint density at radius 2 is 1.78 bits per heavy atom. The van der Waals surface area contributed by atoms with Crippen molar-refractivity contribution in [3.05, 3.63) is 71.7 Å². The van der Waals surface area contributed by atoms with Gasteiger partial charge in [0.15, 0.2) is 17.3 Å². The van der Waals surface area contributed by atoms with Gasteiger partial charge in [0, 0.05) is 24.4 Å². The van der Waals surface area contributed by atoms with Crippen LogP contribution in [0.15, 0.2) is 54.7 Å². The summed E-state index contributed by atoms with van der Waals surface area (Å²) in [5.74, 6) is 0.652. The summed E-state index contributed by atoms with van der Waals surface area (Å²) in [6.07, 6.45) is 3.01. The SMILES string of the molecule is COc1ccc(C(=O)/C=C\NCc2ccc(F)cc2)cc1OC. The smallest absolute Gasteiger partial charge is 0.187 e. The van der Waals surface area contributed by atoms with Crippen LogP contribution < -0.4 is 14.8 Å². The van der Waals surface area contributed by atoms with E-state index < -0.39 is 0 Å². The van der Waals surface area contributed by atoms with Crippen LogP contribution in [0, 0.1) is 5.82 Å². The van der Waals surface area contributed by atoms with E-state index in [4.69, 9.17) is 9.47 Å². The number of hydrogen-bond donors (Lipinski definition) is 1. The zero-order valence-electron chi connectivity index (χ0n) is 13.0. The molecule has 0 aromatic heterocycles. The summed E-state index contributed by atoms with van der Waals surface area (Å²) in [5, 5.41) is 2.99. The van der Waals surface area contributed by atoms with Gasteiger partial charge in [0.2, 0.25) is 0 Å². The van der Waals surface area contributed by atoms with Gasteiger partial charge in [-0.1, -0.05) is 12.1 Å². The Kier molecular flexibility index (Phi) is 5.74. The highest BCUT2D eigenvalue weighted by Gasteiger charge is 2.08. The van der Waals surface area contributed by atoms with Crippen molar-refractivity contribution < 1.29 is 18.7 Å². The second kappa shape index (κ2) is 7.98. The van der Waals surface area contributed by atoms with Gasteiger partial charge in [-0.25, -0.2) is 4.39 Å². The lowest BCUT2D eigenvalue weighted by molar-refractivity contribution is 0.104. The number of ketones is 1. The van der Waals surface area contributed by atoms with E-state index in [1.807, 2.05) is 0 Å². The Labute approximate surface area is 134 Å². The molecule has 0 radical (unpaired) electrons. The van der Waals surface area contributed by atoms with Crippen molar-refractivity contribution in [3.63, 3.8) is 0 Å². The molecule has 1 N–H and O–H groups in total. The Hall–Kier alpha value is -2.82. The zero-order valence-corrected chi connectivity index (χ0v) is 13.0. The van der Waals surface area contributed by atoms with Crippen molar-refractivity contribution in [3.8, 4) is 11.5 Å². The lowest BCUT2D eigenvalue weighted by Crippen LogP contribution is -2.06. The number of ether oxygens (including phenoxy) is 2. The van der Waals surface area contributed by atoms with E-state index in [0.717, 1.165) is 5.56 Å². The van der Waals surface area contributed by atoms with E-state index in [1.165, 1.54) is 25.3 Å². The first-order valence-corrected chi connectivity index (χ1v) is 7.05. The average molecular weight is 315 g/mol. The third-order valence-corrected chi connectivity index (χ3v) is 3.24. The van der Waals surface area contributed by atoms with Crippen LogP contribution in [-0.4, -0.2) is 20.0 Å². The van der Waals surface area contributed by atoms with Gasteiger partial charge in [-0.15, -0.1) is 0 Å². The van der Waals surface area contributed by atoms with E-state index in [1.54, 1.807) is 43.6 Å². The van der Waals surface area contributed by atoms with Crippen LogP contribution in [0.5, 0.6) is 11.5 Å². The fourth-order valence-electron chi connectivity index (χ4n) is 2.00. The van der Waals surface area contributed by atoms with Crippen LogP contribution in [0.25, 0.3) is 0 Å². The van der Waals surface area contributed by atoms with Gasteiger partial charge < -0.3 is 14.8 Å². The number of nitrogens with one attached hydrogen (secondary N) is 1. The summed E-state index contributed by atoms with van der Waals surface area (Å²) < 4.78 is 23.1. The van der Waals surface area contributed by atoms with E-state index >= 15 is 0 Å². The van der Waals surface area contributed by atoms with Crippen molar-refractivity contribution in [1.82, 2.24) is 5.32 Å². The predicted molar refractivity (Wildman–Crippen MR) is 86.3 cm³/mol. The Morgan fingerprint density at radius 3 is 2.43 bits per heavy atom. The molecule has 0 fully saturated rings. The molecule has 0 spiro atoms. The van der Waals surface area contributed by atoms with E-state index in [9.17, 15) is 9.18 Å². The van der Waals surface area contributed by atoms with Crippen molar-refractivity contribution in [1.29, 1.82) is 0 Å². The maximum atomic E-state index is 12.8. The Balaban J connectivity index is 1.94. The molecule has 2 aromatic rings. The fraction of sp³-hybridized carbons (Fsp3) is 0.167. The second-order valence-electron chi connectivity index (χ2n) is 4.77. The fourth-order valence-corrected chi connectivity index (χ4v) is 2.00. The Morgan fingerprint density at radius 1 is 1.09 bits per heavy atom. The molecular weight excluding hydrogens is 297 g/mol. The molecule has 23 heavy (non-hydrogen) atoms. The number of carbonyl (C=O) groups is 1. The highest BCUT2D eigenvalue weighted by molar-refractivity contribution is 6.04. The minimum atomic E-state index is -0.270. The molecule has 5 heteroatoms. The molecule has 0 saturated heterocycles. The number of allylic oxidation sites excluding steroid dienone is 1. The van der Waals surface area contributed by atoms with Gasteiger partial charge in [-0.2, -0.15) is 0 Å². The molecule has 4 nitrogen and oxygen atoms in total. The van der Waals surface area contributed by atoms with Gasteiger partial charge >= 0.3 is 0 Å². The topological polar surface area (TPSA) is 47.6 Å². The first-order valence-electron chi connectivity index (χ1n) is 7.05. The number of hydrogen-bond acceptors (Lipinski definition) is 4. The van der Waals surface area contributed by atoms with Crippen molar-refractivity contribution in [2.75, 3.05) is 14.2 Å². The standard InChI is InChI=1S/C18H18FNO3/c1-22-17-8-5-14(11-18(17)23-2)16(21)9-10-20-12-13-3-6-15(19)7-4-13/h3-11,20H,12H2,1-2H3/b10-9-. The predicted octanol–water partition coefficient (Wildman–Crippen LogP) is 3.33. The molecule has 0 unspecified atom stereocenters. The maximum absolute atomic E-state index is 12.8. The van der Waals surface area contributed by atoms with Crippen LogP contribution in [0.3, 0.4) is 0 Å². The summed E-state index contributed by atoms with van der Waals surface area (Å²) >= 11 is 0. The number of methoxy groups -OCH3 is 2. The van der Waals surface area contributed by atoms with Crippen LogP contribution in [0.4, 0.5) is 4.39 Å². The summed E-state index contributed by atoms with van der Waals surface area (Å²) in [7, 11) is 3.06. The normalized spacial score (nSPS) is 10.6. The largest absolute Gasteiger partial charge is 0.493 e. The second-order valence-corrected chi connectivity index (χ2v) is 4.77. The molecule has 0 atom stereocenters. The van der Waals surface area contributed by atoms with Crippen LogP contribution in [0.2, 0.25) is 0 Å². The minimum Gasteiger partial charge on any atom is -0.493 e. The van der Waals surface area contributed by atoms with E-state index in [2.05, 4.69) is 5.32 Å². The molecule has 0 aliphatic rings. The van der Waals surface area contributed by atoms with Gasteiger partial charge in [0.05, 0.1) is 14.2 Å². The molecule has 0 saturated carbocycles. The molecule has 0 bridgehead atoms. The van der Waals surface area contributed by atoms with Crippen LogP contribution in [-0.2, 0) is 6.54 Å². The summed E-state index contributed by atoms with van der Waals surface area (Å²) in [6, 6.07) is 11.2. The van der Waals surface area contributed by atoms with Crippen molar-refractivity contribution in [2.24, 2.45) is 0 Å². The minimum absolute atomic E-state index is 0.155. The lowest BCUT2D eigenvalue weighted by atomic mass is 10.1. The van der Waals surface area contributed by atoms with Gasteiger partial charge in [0.25, 0.3) is 0 Å². The lowest BCUT2D eigenvalue weighted by Gasteiger charge is -2.08. The third kappa shape index (κ3) is 4.57. The van der Waals surface area contributed by atoms with Crippen molar-refractivity contribution in [2.45, 2.75) is 6.54 Å². The third-order valence-electron chi connectivity index (χ3n) is 3.24. The summed E-state index contributed by atoms with van der Waals surface area (Å²) in [6.45, 7) is 0.510. The summed E-state index contributed by atoms with van der Waals surface area (Å²) in [5.41, 5.74) is 1.43. The highest BCUT2D eigenvalue weighted by atomic mass is 19.1. The zero-order chi connectivity index (χ0) is 16.7. The van der Waals surface area contributed by atoms with Gasteiger partial charge in [0.1, 0.15) is 5.82 Å². The van der Waals surface area contributed by atoms with Gasteiger partial charge in [-0.05, 0) is 35.9 Å². The molecular formula is C18H18FNO3. The molecule has 120 valence electrons. The van der Waals surface area contributed by atoms with Crippen LogP contribution in [0.1, 0.15) is 15.9 Å². The molecule has 2 rings (SSSR count).